The molecule has 7 heteroatoms. The first-order valence-electron chi connectivity index (χ1n) is 3.05. The van der Waals surface area contributed by atoms with Crippen LogP contribution in [0, 0.1) is 0 Å². The Bertz CT molecular complexity index is 380. The van der Waals surface area contributed by atoms with Gasteiger partial charge < -0.3 is 11.5 Å². The summed E-state index contributed by atoms with van der Waals surface area (Å²) in [7, 11) is 0. The number of rotatable bonds is 1. The number of amides is 1. The summed E-state index contributed by atoms with van der Waals surface area (Å²) in [5.41, 5.74) is 10.3. The van der Waals surface area contributed by atoms with Gasteiger partial charge in [-0.3, -0.25) is 4.79 Å². The lowest BCUT2D eigenvalue weighted by Crippen LogP contribution is -2.15. The van der Waals surface area contributed by atoms with Crippen molar-refractivity contribution in [2.45, 2.75) is 0 Å². The molecular weight excluding hydrogens is 236 g/mol. The molecule has 0 aliphatic rings. The van der Waals surface area contributed by atoms with Crippen molar-refractivity contribution >= 4 is 46.4 Å². The highest BCUT2D eigenvalue weighted by atomic mass is 35.5. The lowest BCUT2D eigenvalue weighted by Gasteiger charge is -2.06. The van der Waals surface area contributed by atoms with E-state index < -0.39 is 5.91 Å². The molecule has 70 valence electrons. The SMILES string of the molecule is NC(=O)c1c(Cl)nc(Cl)c(Cl)c1N. The van der Waals surface area contributed by atoms with Gasteiger partial charge in [-0.1, -0.05) is 34.8 Å². The van der Waals surface area contributed by atoms with Crippen molar-refractivity contribution in [2.75, 3.05) is 5.73 Å². The van der Waals surface area contributed by atoms with E-state index in [-0.39, 0.29) is 26.6 Å². The molecule has 0 aliphatic carbocycles. The first-order valence-corrected chi connectivity index (χ1v) is 4.18. The summed E-state index contributed by atoms with van der Waals surface area (Å²) in [6, 6.07) is 0. The molecule has 13 heavy (non-hydrogen) atoms. The molecule has 0 unspecified atom stereocenters. The number of hydrogen-bond donors (Lipinski definition) is 2. The molecule has 0 bridgehead atoms. The van der Waals surface area contributed by atoms with Crippen LogP contribution < -0.4 is 11.5 Å². The van der Waals surface area contributed by atoms with Crippen LogP contribution in [0.15, 0.2) is 0 Å². The van der Waals surface area contributed by atoms with Crippen molar-refractivity contribution in [3.05, 3.63) is 20.9 Å². The van der Waals surface area contributed by atoms with Crippen molar-refractivity contribution in [1.82, 2.24) is 4.98 Å². The maximum atomic E-state index is 10.8. The quantitative estimate of drug-likeness (QED) is 0.733. The number of aromatic nitrogens is 1. The Labute approximate surface area is 88.8 Å². The lowest BCUT2D eigenvalue weighted by molar-refractivity contribution is 0.100. The zero-order chi connectivity index (χ0) is 10.2. The molecular formula is C6H4Cl3N3O. The van der Waals surface area contributed by atoms with E-state index in [1.807, 2.05) is 0 Å². The second-order valence-electron chi connectivity index (χ2n) is 2.16. The van der Waals surface area contributed by atoms with E-state index in [1.165, 1.54) is 0 Å². The summed E-state index contributed by atoms with van der Waals surface area (Å²) < 4.78 is 0. The van der Waals surface area contributed by atoms with Gasteiger partial charge in [-0.25, -0.2) is 4.98 Å². The Hall–Kier alpha value is -0.710. The fourth-order valence-corrected chi connectivity index (χ4v) is 1.40. The van der Waals surface area contributed by atoms with Crippen LogP contribution in [0.3, 0.4) is 0 Å². The number of pyridine rings is 1. The molecule has 0 spiro atoms. The van der Waals surface area contributed by atoms with E-state index in [9.17, 15) is 4.79 Å². The number of carbonyl (C=O) groups is 1. The highest BCUT2D eigenvalue weighted by molar-refractivity contribution is 6.44. The third kappa shape index (κ3) is 1.80. The molecule has 0 fully saturated rings. The van der Waals surface area contributed by atoms with Crippen LogP contribution in [-0.2, 0) is 0 Å². The average molecular weight is 240 g/mol. The summed E-state index contributed by atoms with van der Waals surface area (Å²) in [5, 5.41) is -0.242. The van der Waals surface area contributed by atoms with Crippen molar-refractivity contribution in [1.29, 1.82) is 0 Å². The Kier molecular flexibility index (Phi) is 2.85. The second-order valence-corrected chi connectivity index (χ2v) is 3.25. The molecule has 0 aliphatic heterocycles. The highest BCUT2D eigenvalue weighted by Crippen LogP contribution is 2.32. The number of nitrogens with zero attached hydrogens (tertiary/aromatic N) is 1. The lowest BCUT2D eigenvalue weighted by atomic mass is 10.2. The number of carbonyl (C=O) groups excluding carboxylic acids is 1. The number of nitrogen functional groups attached to an aromatic ring is 1. The van der Waals surface area contributed by atoms with Gasteiger partial charge in [0.15, 0.2) is 5.15 Å². The molecule has 1 amide bonds. The van der Waals surface area contributed by atoms with Crippen molar-refractivity contribution in [3.63, 3.8) is 0 Å². The van der Waals surface area contributed by atoms with Crippen LogP contribution in [0.2, 0.25) is 15.3 Å². The van der Waals surface area contributed by atoms with Crippen molar-refractivity contribution in [3.8, 4) is 0 Å². The molecule has 1 aromatic rings. The largest absolute Gasteiger partial charge is 0.397 e. The third-order valence-corrected chi connectivity index (χ3v) is 2.36. The maximum Gasteiger partial charge on any atom is 0.253 e. The van der Waals surface area contributed by atoms with Crippen molar-refractivity contribution < 1.29 is 4.79 Å². The predicted octanol–water partition coefficient (Wildman–Crippen LogP) is 1.72. The first kappa shape index (κ1) is 10.4. The van der Waals surface area contributed by atoms with Crippen LogP contribution >= 0.6 is 34.8 Å². The minimum absolute atomic E-state index is 0.0279. The second kappa shape index (κ2) is 3.57. The smallest absolute Gasteiger partial charge is 0.253 e. The Morgan fingerprint density at radius 2 is 1.77 bits per heavy atom. The number of halogens is 3. The van der Waals surface area contributed by atoms with Crippen LogP contribution in [0.5, 0.6) is 0 Å². The van der Waals surface area contributed by atoms with Gasteiger partial charge in [0.25, 0.3) is 5.91 Å². The zero-order valence-corrected chi connectivity index (χ0v) is 8.41. The van der Waals surface area contributed by atoms with Gasteiger partial charge in [-0.05, 0) is 0 Å². The topological polar surface area (TPSA) is 82.0 Å². The first-order chi connectivity index (χ1) is 5.95. The van der Waals surface area contributed by atoms with Gasteiger partial charge in [0, 0.05) is 0 Å². The summed E-state index contributed by atoms with van der Waals surface area (Å²) in [6.07, 6.45) is 0. The molecule has 4 N–H and O–H groups in total. The van der Waals surface area contributed by atoms with Gasteiger partial charge >= 0.3 is 0 Å². The van der Waals surface area contributed by atoms with E-state index in [0.717, 1.165) is 0 Å². The fourth-order valence-electron chi connectivity index (χ4n) is 0.758. The third-order valence-electron chi connectivity index (χ3n) is 1.34. The van der Waals surface area contributed by atoms with E-state index in [4.69, 9.17) is 46.3 Å². The van der Waals surface area contributed by atoms with E-state index in [0.29, 0.717) is 0 Å². The van der Waals surface area contributed by atoms with Crippen LogP contribution in [-0.4, -0.2) is 10.9 Å². The molecule has 0 radical (unpaired) electrons. The fraction of sp³-hybridized carbons (Fsp3) is 0. The number of hydrogen-bond acceptors (Lipinski definition) is 3. The monoisotopic (exact) mass is 239 g/mol. The summed E-state index contributed by atoms with van der Waals surface area (Å²) >= 11 is 16.7. The molecule has 1 heterocycles. The molecule has 0 aromatic carbocycles. The molecule has 0 atom stereocenters. The van der Waals surface area contributed by atoms with Gasteiger partial charge in [0.2, 0.25) is 0 Å². The average Bonchev–Trinajstić information content (AvgIpc) is 1.99. The normalized spacial score (nSPS) is 10.1. The molecule has 0 saturated heterocycles. The Morgan fingerprint density at radius 1 is 1.23 bits per heavy atom. The van der Waals surface area contributed by atoms with E-state index >= 15 is 0 Å². The molecule has 4 nitrogen and oxygen atoms in total. The van der Waals surface area contributed by atoms with E-state index in [1.54, 1.807) is 0 Å². The van der Waals surface area contributed by atoms with Crippen molar-refractivity contribution in [2.24, 2.45) is 5.73 Å². The zero-order valence-electron chi connectivity index (χ0n) is 6.14. The number of anilines is 1. The Balaban J connectivity index is 3.53. The Morgan fingerprint density at radius 3 is 2.23 bits per heavy atom. The minimum Gasteiger partial charge on any atom is -0.397 e. The number of primary amides is 1. The standard InChI is InChI=1S/C6H4Cl3N3O/c7-2-3(10)1(6(11)13)4(8)12-5(2)9/h(H2,10,12)(H2,11,13). The van der Waals surface area contributed by atoms with Crippen LogP contribution in [0.1, 0.15) is 10.4 Å². The van der Waals surface area contributed by atoms with Crippen LogP contribution in [0.4, 0.5) is 5.69 Å². The molecule has 0 saturated carbocycles. The summed E-state index contributed by atoms with van der Waals surface area (Å²) in [6.45, 7) is 0. The summed E-state index contributed by atoms with van der Waals surface area (Å²) in [5.74, 6) is -0.798. The number of nitrogens with two attached hydrogens (primary N) is 2. The van der Waals surface area contributed by atoms with Gasteiger partial charge in [0.1, 0.15) is 15.7 Å². The van der Waals surface area contributed by atoms with Gasteiger partial charge in [-0.2, -0.15) is 0 Å². The molecule has 1 aromatic heterocycles. The van der Waals surface area contributed by atoms with E-state index in [2.05, 4.69) is 4.98 Å². The van der Waals surface area contributed by atoms with Crippen LogP contribution in [0.25, 0.3) is 0 Å². The van der Waals surface area contributed by atoms with Gasteiger partial charge in [-0.15, -0.1) is 0 Å². The van der Waals surface area contributed by atoms with Gasteiger partial charge in [0.05, 0.1) is 5.69 Å². The summed E-state index contributed by atoms with van der Waals surface area (Å²) in [4.78, 5) is 14.4. The maximum absolute atomic E-state index is 10.8. The molecule has 1 rings (SSSR count). The minimum atomic E-state index is -0.798. The highest BCUT2D eigenvalue weighted by Gasteiger charge is 2.17. The predicted molar refractivity (Wildman–Crippen MR) is 52.2 cm³/mol.